The van der Waals surface area contributed by atoms with E-state index in [1.165, 1.54) is 31.2 Å². The van der Waals surface area contributed by atoms with E-state index in [1.54, 1.807) is 0 Å². The first-order chi connectivity index (χ1) is 8.25. The molecule has 0 aromatic heterocycles. The number of halogens is 1. The lowest BCUT2D eigenvalue weighted by Gasteiger charge is -2.29. The average molecular weight is 253 g/mol. The molecule has 3 N–H and O–H groups in total. The molecule has 0 amide bonds. The largest absolute Gasteiger partial charge is 0.326 e. The van der Waals surface area contributed by atoms with Gasteiger partial charge in [-0.15, -0.1) is 0 Å². The minimum Gasteiger partial charge on any atom is -0.326 e. The van der Waals surface area contributed by atoms with E-state index in [2.05, 4.69) is 17.4 Å². The lowest BCUT2D eigenvalue weighted by molar-refractivity contribution is 0.329. The van der Waals surface area contributed by atoms with Crippen molar-refractivity contribution >= 4 is 11.6 Å². The molecule has 1 aliphatic carbocycles. The van der Waals surface area contributed by atoms with Crippen LogP contribution in [0.4, 0.5) is 0 Å². The minimum atomic E-state index is 0.342. The standard InChI is InChI=1S/C14H21ClN2/c15-12-7-5-11(6-8-12)9-10-17-14-4-2-1-3-13(14)16/h5-8,13-14,17H,1-4,9-10,16H2. The van der Waals surface area contributed by atoms with Crippen molar-refractivity contribution < 1.29 is 0 Å². The molecular weight excluding hydrogens is 232 g/mol. The van der Waals surface area contributed by atoms with Gasteiger partial charge in [0.15, 0.2) is 0 Å². The Bertz CT molecular complexity index is 337. The van der Waals surface area contributed by atoms with Crippen LogP contribution in [-0.4, -0.2) is 18.6 Å². The summed E-state index contributed by atoms with van der Waals surface area (Å²) in [5.41, 5.74) is 7.42. The van der Waals surface area contributed by atoms with Gasteiger partial charge in [0.05, 0.1) is 0 Å². The van der Waals surface area contributed by atoms with E-state index < -0.39 is 0 Å². The van der Waals surface area contributed by atoms with Gasteiger partial charge in [0.1, 0.15) is 0 Å². The first-order valence-electron chi connectivity index (χ1n) is 6.49. The van der Waals surface area contributed by atoms with Crippen molar-refractivity contribution in [3.05, 3.63) is 34.9 Å². The minimum absolute atomic E-state index is 0.342. The zero-order valence-electron chi connectivity index (χ0n) is 10.2. The summed E-state index contributed by atoms with van der Waals surface area (Å²) in [6.45, 7) is 1.000. The molecule has 3 heteroatoms. The van der Waals surface area contributed by atoms with Crippen molar-refractivity contribution in [2.24, 2.45) is 5.73 Å². The van der Waals surface area contributed by atoms with Crippen molar-refractivity contribution in [1.82, 2.24) is 5.32 Å². The Kier molecular flexibility index (Phi) is 4.84. The van der Waals surface area contributed by atoms with Gasteiger partial charge in [0, 0.05) is 17.1 Å². The van der Waals surface area contributed by atoms with Crippen LogP contribution in [0.5, 0.6) is 0 Å². The summed E-state index contributed by atoms with van der Waals surface area (Å²) in [6.07, 6.45) is 6.03. The third kappa shape index (κ3) is 3.98. The van der Waals surface area contributed by atoms with E-state index in [0.29, 0.717) is 12.1 Å². The molecule has 2 rings (SSSR count). The molecule has 2 unspecified atom stereocenters. The van der Waals surface area contributed by atoms with Gasteiger partial charge in [-0.2, -0.15) is 0 Å². The van der Waals surface area contributed by atoms with E-state index in [-0.39, 0.29) is 0 Å². The van der Waals surface area contributed by atoms with Crippen molar-refractivity contribution in [1.29, 1.82) is 0 Å². The number of nitrogens with two attached hydrogens (primary N) is 1. The topological polar surface area (TPSA) is 38.0 Å². The van der Waals surface area contributed by atoms with Gasteiger partial charge in [-0.05, 0) is 43.5 Å². The Morgan fingerprint density at radius 1 is 1.18 bits per heavy atom. The summed E-state index contributed by atoms with van der Waals surface area (Å²) < 4.78 is 0. The maximum absolute atomic E-state index is 6.10. The maximum atomic E-state index is 6.10. The second-order valence-electron chi connectivity index (χ2n) is 4.89. The first-order valence-corrected chi connectivity index (χ1v) is 6.87. The molecular formula is C14H21ClN2. The fraction of sp³-hybridized carbons (Fsp3) is 0.571. The van der Waals surface area contributed by atoms with Crippen LogP contribution in [0.2, 0.25) is 5.02 Å². The molecule has 2 atom stereocenters. The van der Waals surface area contributed by atoms with Crippen LogP contribution in [0.3, 0.4) is 0 Å². The highest BCUT2D eigenvalue weighted by Crippen LogP contribution is 2.17. The molecule has 1 saturated carbocycles. The monoisotopic (exact) mass is 252 g/mol. The highest BCUT2D eigenvalue weighted by atomic mass is 35.5. The summed E-state index contributed by atoms with van der Waals surface area (Å²) in [5, 5.41) is 4.38. The van der Waals surface area contributed by atoms with E-state index in [0.717, 1.165) is 18.0 Å². The van der Waals surface area contributed by atoms with Gasteiger partial charge in [-0.1, -0.05) is 36.6 Å². The van der Waals surface area contributed by atoms with E-state index in [1.807, 2.05) is 12.1 Å². The molecule has 1 aromatic carbocycles. The molecule has 0 spiro atoms. The zero-order chi connectivity index (χ0) is 12.1. The van der Waals surface area contributed by atoms with Crippen LogP contribution < -0.4 is 11.1 Å². The molecule has 0 radical (unpaired) electrons. The average Bonchev–Trinajstić information content (AvgIpc) is 2.34. The van der Waals surface area contributed by atoms with Crippen molar-refractivity contribution in [3.8, 4) is 0 Å². The van der Waals surface area contributed by atoms with Crippen LogP contribution in [0.15, 0.2) is 24.3 Å². The van der Waals surface area contributed by atoms with Crippen LogP contribution in [0.25, 0.3) is 0 Å². The van der Waals surface area contributed by atoms with Gasteiger partial charge in [-0.3, -0.25) is 0 Å². The SMILES string of the molecule is NC1CCCCC1NCCc1ccc(Cl)cc1. The number of hydrogen-bond donors (Lipinski definition) is 2. The molecule has 0 heterocycles. The number of benzene rings is 1. The van der Waals surface area contributed by atoms with E-state index >= 15 is 0 Å². The summed E-state index contributed by atoms with van der Waals surface area (Å²) in [5.74, 6) is 0. The molecule has 1 fully saturated rings. The van der Waals surface area contributed by atoms with Crippen molar-refractivity contribution in [3.63, 3.8) is 0 Å². The number of rotatable bonds is 4. The van der Waals surface area contributed by atoms with Gasteiger partial charge < -0.3 is 11.1 Å². The fourth-order valence-electron chi connectivity index (χ4n) is 2.47. The third-order valence-electron chi connectivity index (χ3n) is 3.55. The summed E-state index contributed by atoms with van der Waals surface area (Å²) in [7, 11) is 0. The Morgan fingerprint density at radius 2 is 1.88 bits per heavy atom. The fourth-order valence-corrected chi connectivity index (χ4v) is 2.59. The lowest BCUT2D eigenvalue weighted by atomic mass is 9.91. The Hall–Kier alpha value is -0.570. The lowest BCUT2D eigenvalue weighted by Crippen LogP contribution is -2.47. The molecule has 0 aliphatic heterocycles. The van der Waals surface area contributed by atoms with E-state index in [4.69, 9.17) is 17.3 Å². The van der Waals surface area contributed by atoms with Crippen molar-refractivity contribution in [2.45, 2.75) is 44.2 Å². The van der Waals surface area contributed by atoms with Crippen molar-refractivity contribution in [2.75, 3.05) is 6.54 Å². The molecule has 0 bridgehead atoms. The second-order valence-corrected chi connectivity index (χ2v) is 5.32. The Balaban J connectivity index is 1.73. The highest BCUT2D eigenvalue weighted by molar-refractivity contribution is 6.30. The highest BCUT2D eigenvalue weighted by Gasteiger charge is 2.20. The van der Waals surface area contributed by atoms with Gasteiger partial charge >= 0.3 is 0 Å². The summed E-state index contributed by atoms with van der Waals surface area (Å²) >= 11 is 5.85. The van der Waals surface area contributed by atoms with Crippen LogP contribution in [0.1, 0.15) is 31.2 Å². The summed E-state index contributed by atoms with van der Waals surface area (Å²) in [4.78, 5) is 0. The molecule has 17 heavy (non-hydrogen) atoms. The van der Waals surface area contributed by atoms with Crippen LogP contribution in [-0.2, 0) is 6.42 Å². The van der Waals surface area contributed by atoms with Crippen LogP contribution >= 0.6 is 11.6 Å². The van der Waals surface area contributed by atoms with Gasteiger partial charge in [-0.25, -0.2) is 0 Å². The zero-order valence-corrected chi connectivity index (χ0v) is 10.9. The second kappa shape index (κ2) is 6.39. The van der Waals surface area contributed by atoms with Gasteiger partial charge in [0.2, 0.25) is 0 Å². The Morgan fingerprint density at radius 3 is 2.59 bits per heavy atom. The predicted molar refractivity (Wildman–Crippen MR) is 73.4 cm³/mol. The number of hydrogen-bond acceptors (Lipinski definition) is 2. The molecule has 0 saturated heterocycles. The predicted octanol–water partition coefficient (Wildman–Crippen LogP) is 2.74. The Labute approximate surface area is 109 Å². The van der Waals surface area contributed by atoms with Gasteiger partial charge in [0.25, 0.3) is 0 Å². The molecule has 2 nitrogen and oxygen atoms in total. The maximum Gasteiger partial charge on any atom is 0.0406 e. The first kappa shape index (κ1) is 12.9. The normalized spacial score (nSPS) is 24.8. The quantitative estimate of drug-likeness (QED) is 0.865. The summed E-state index contributed by atoms with van der Waals surface area (Å²) in [6, 6.07) is 8.92. The molecule has 1 aliphatic rings. The molecule has 1 aromatic rings. The molecule has 94 valence electrons. The smallest absolute Gasteiger partial charge is 0.0406 e. The van der Waals surface area contributed by atoms with Crippen LogP contribution in [0, 0.1) is 0 Å². The number of nitrogens with one attached hydrogen (secondary N) is 1. The third-order valence-corrected chi connectivity index (χ3v) is 3.80. The van der Waals surface area contributed by atoms with E-state index in [9.17, 15) is 0 Å².